The minimum atomic E-state index is 0.994. The maximum atomic E-state index is 4.59. The van der Waals surface area contributed by atoms with Crippen LogP contribution in [0.3, 0.4) is 0 Å². The number of aliphatic imine (C=N–C) groups is 1. The summed E-state index contributed by atoms with van der Waals surface area (Å²) in [6, 6.07) is 8.68. The van der Waals surface area contributed by atoms with Gasteiger partial charge in [0.2, 0.25) is 10.5 Å². The van der Waals surface area contributed by atoms with Gasteiger partial charge < -0.3 is 9.38 Å². The summed E-state index contributed by atoms with van der Waals surface area (Å²) in [6.45, 7) is 3.19. The van der Waals surface area contributed by atoms with Crippen molar-refractivity contribution >= 4 is 27.9 Å². The molecule has 0 spiro atoms. The number of rotatable bonds is 5. The summed E-state index contributed by atoms with van der Waals surface area (Å²) < 4.78 is 4.83. The lowest BCUT2D eigenvalue weighted by Crippen LogP contribution is -2.36. The minimum Gasteiger partial charge on any atom is -0.339 e. The first-order valence-electron chi connectivity index (χ1n) is 9.56. The van der Waals surface area contributed by atoms with E-state index in [4.69, 9.17) is 0 Å². The fourth-order valence-corrected chi connectivity index (χ4v) is 4.72. The number of para-hydroxylation sites is 1. The van der Waals surface area contributed by atoms with Crippen molar-refractivity contribution in [2.75, 3.05) is 34.2 Å². The fraction of sp³-hybridized carbons (Fsp3) is 0.364. The zero-order valence-corrected chi connectivity index (χ0v) is 17.2. The van der Waals surface area contributed by atoms with Crippen LogP contribution in [-0.4, -0.2) is 50.0 Å². The van der Waals surface area contributed by atoms with Crippen molar-refractivity contribution in [3.8, 4) is 0 Å². The molecular weight excluding hydrogens is 352 g/mol. The van der Waals surface area contributed by atoms with Gasteiger partial charge in [-0.2, -0.15) is 4.57 Å². The maximum absolute atomic E-state index is 4.59. The molecule has 4 nitrogen and oxygen atoms in total. The van der Waals surface area contributed by atoms with Gasteiger partial charge >= 0.3 is 0 Å². The highest BCUT2D eigenvalue weighted by molar-refractivity contribution is 7.18. The summed E-state index contributed by atoms with van der Waals surface area (Å²) in [5.74, 6) is 0. The first-order valence-corrected chi connectivity index (χ1v) is 10.4. The average Bonchev–Trinajstić information content (AvgIpc) is 3.17. The van der Waals surface area contributed by atoms with Gasteiger partial charge in [0.1, 0.15) is 4.70 Å². The van der Waals surface area contributed by atoms with Crippen LogP contribution in [0.4, 0.5) is 0 Å². The van der Waals surface area contributed by atoms with Crippen molar-refractivity contribution in [2.24, 2.45) is 4.99 Å². The van der Waals surface area contributed by atoms with Crippen molar-refractivity contribution in [1.82, 2.24) is 4.90 Å². The molecule has 0 bridgehead atoms. The van der Waals surface area contributed by atoms with E-state index in [0.717, 1.165) is 36.1 Å². The summed E-state index contributed by atoms with van der Waals surface area (Å²) in [6.07, 6.45) is 12.8. The van der Waals surface area contributed by atoms with Crippen LogP contribution in [0.1, 0.15) is 11.4 Å². The first kappa shape index (κ1) is 18.1. The molecule has 4 rings (SSSR count). The second-order valence-electron chi connectivity index (χ2n) is 8.31. The third-order valence-corrected chi connectivity index (χ3v) is 6.12. The van der Waals surface area contributed by atoms with Gasteiger partial charge in [-0.15, -0.1) is 0 Å². The van der Waals surface area contributed by atoms with E-state index in [1.807, 2.05) is 17.7 Å². The zero-order valence-electron chi connectivity index (χ0n) is 16.4. The molecular formula is C22H28N4S+2. The van der Waals surface area contributed by atoms with Crippen molar-refractivity contribution in [1.29, 1.82) is 0 Å². The Bertz CT molecular complexity index is 940. The van der Waals surface area contributed by atoms with Crippen molar-refractivity contribution in [2.45, 2.75) is 19.4 Å². The van der Waals surface area contributed by atoms with E-state index in [9.17, 15) is 0 Å². The minimum absolute atomic E-state index is 0.994. The van der Waals surface area contributed by atoms with Crippen LogP contribution in [-0.2, 0) is 13.0 Å². The van der Waals surface area contributed by atoms with Gasteiger partial charge in [-0.05, 0) is 18.2 Å². The molecule has 0 radical (unpaired) electrons. The van der Waals surface area contributed by atoms with E-state index in [-0.39, 0.29) is 0 Å². The summed E-state index contributed by atoms with van der Waals surface area (Å²) in [4.78, 5) is 6.77. The average molecular weight is 381 g/mol. The lowest BCUT2D eigenvalue weighted by molar-refractivity contribution is -0.870. The third-order valence-electron chi connectivity index (χ3n) is 4.95. The highest BCUT2D eigenvalue weighted by Crippen LogP contribution is 2.26. The molecule has 1 aromatic heterocycles. The molecule has 3 heterocycles. The van der Waals surface area contributed by atoms with Gasteiger partial charge in [0.15, 0.2) is 6.54 Å². The highest BCUT2D eigenvalue weighted by atomic mass is 32.1. The van der Waals surface area contributed by atoms with Crippen LogP contribution in [0.15, 0.2) is 65.0 Å². The summed E-state index contributed by atoms with van der Waals surface area (Å²) in [7, 11) is 6.70. The molecule has 0 aliphatic carbocycles. The van der Waals surface area contributed by atoms with Gasteiger partial charge in [0, 0.05) is 30.8 Å². The van der Waals surface area contributed by atoms with E-state index in [0.29, 0.717) is 0 Å². The Morgan fingerprint density at radius 2 is 2.07 bits per heavy atom. The molecule has 0 saturated heterocycles. The summed E-state index contributed by atoms with van der Waals surface area (Å²) in [5.41, 5.74) is 3.83. The van der Waals surface area contributed by atoms with E-state index in [2.05, 4.69) is 84.3 Å². The second-order valence-corrected chi connectivity index (χ2v) is 9.42. The number of nitrogens with zero attached hydrogens (tertiary/aromatic N) is 4. The van der Waals surface area contributed by atoms with Gasteiger partial charge in [0.05, 0.1) is 46.1 Å². The van der Waals surface area contributed by atoms with E-state index >= 15 is 0 Å². The second kappa shape index (κ2) is 7.41. The topological polar surface area (TPSA) is 19.5 Å². The molecule has 140 valence electrons. The number of benzene rings is 1. The Hall–Kier alpha value is -2.24. The molecule has 0 unspecified atom stereocenters. The Morgan fingerprint density at radius 3 is 2.85 bits per heavy atom. The van der Waals surface area contributed by atoms with Gasteiger partial charge in [0.25, 0.3) is 0 Å². The molecule has 0 N–H and O–H groups in total. The van der Waals surface area contributed by atoms with Gasteiger partial charge in [-0.1, -0.05) is 29.5 Å². The normalized spacial score (nSPS) is 19.6. The standard InChI is InChI=1S/C22H28N4S/c1-26(2,3)14-6-12-24-13-11-19(23-17-24)10-9-18-15-22-25(16-18)20-7-4-5-8-21(20)27-22/h4-5,7-11,13,17H,6,12,14-16H2,1-3H3/q+2/b18-9+,19-10-. The van der Waals surface area contributed by atoms with Crippen molar-refractivity contribution in [3.63, 3.8) is 0 Å². The molecule has 0 amide bonds. The van der Waals surface area contributed by atoms with E-state index < -0.39 is 0 Å². The predicted molar refractivity (Wildman–Crippen MR) is 114 cm³/mol. The third kappa shape index (κ3) is 4.37. The van der Waals surface area contributed by atoms with Crippen molar-refractivity contribution < 1.29 is 9.05 Å². The lowest BCUT2D eigenvalue weighted by Gasteiger charge is -2.25. The number of hydrogen-bond acceptors (Lipinski definition) is 3. The molecule has 2 aliphatic heterocycles. The predicted octanol–water partition coefficient (Wildman–Crippen LogP) is 3.51. The molecule has 2 aromatic rings. The van der Waals surface area contributed by atoms with Crippen molar-refractivity contribution in [3.05, 3.63) is 65.0 Å². The quantitative estimate of drug-likeness (QED) is 0.574. The number of aromatic nitrogens is 1. The Balaban J connectivity index is 1.35. The van der Waals surface area contributed by atoms with Crippen LogP contribution in [0.5, 0.6) is 0 Å². The number of quaternary nitrogens is 1. The van der Waals surface area contributed by atoms with Crippen LogP contribution in [0.25, 0.3) is 10.2 Å². The first-order chi connectivity index (χ1) is 13.0. The Morgan fingerprint density at radius 1 is 1.22 bits per heavy atom. The maximum Gasteiger partial charge on any atom is 0.242 e. The van der Waals surface area contributed by atoms with Gasteiger partial charge in [-0.25, -0.2) is 4.99 Å². The largest absolute Gasteiger partial charge is 0.339 e. The van der Waals surface area contributed by atoms with E-state index in [1.165, 1.54) is 27.3 Å². The van der Waals surface area contributed by atoms with Crippen LogP contribution in [0.2, 0.25) is 0 Å². The Kier molecular flexibility index (Phi) is 4.98. The molecule has 5 heteroatoms. The van der Waals surface area contributed by atoms with E-state index in [1.54, 1.807) is 0 Å². The number of allylic oxidation sites excluding steroid dienone is 4. The van der Waals surface area contributed by atoms with Crippen LogP contribution < -0.4 is 4.57 Å². The molecule has 1 aromatic carbocycles. The Labute approximate surface area is 165 Å². The smallest absolute Gasteiger partial charge is 0.242 e. The zero-order chi connectivity index (χ0) is 18.9. The van der Waals surface area contributed by atoms with Crippen LogP contribution in [0, 0.1) is 0 Å². The van der Waals surface area contributed by atoms with Crippen LogP contribution >= 0.6 is 11.3 Å². The molecule has 27 heavy (non-hydrogen) atoms. The number of hydrogen-bond donors (Lipinski definition) is 0. The SMILES string of the molecule is C[N+](C)(C)CCCN1C=C/C(=C/C=C2\Cc3sc4ccccc4[n+]3C2)N=C1. The summed E-state index contributed by atoms with van der Waals surface area (Å²) in [5, 5.41) is 1.45. The lowest BCUT2D eigenvalue weighted by atomic mass is 10.2. The monoisotopic (exact) mass is 380 g/mol. The fourth-order valence-electron chi connectivity index (χ4n) is 3.51. The number of thiazole rings is 1. The highest BCUT2D eigenvalue weighted by Gasteiger charge is 2.28. The molecule has 0 fully saturated rings. The van der Waals surface area contributed by atoms with Gasteiger partial charge in [-0.3, -0.25) is 0 Å². The summed E-state index contributed by atoms with van der Waals surface area (Å²) >= 11 is 1.91. The molecule has 0 atom stereocenters. The molecule has 2 aliphatic rings. The molecule has 0 saturated carbocycles. The number of fused-ring (bicyclic) bond motifs is 3.